The molecule has 38 heavy (non-hydrogen) atoms. The highest BCUT2D eigenvalue weighted by atomic mass is 16.5. The first kappa shape index (κ1) is 25.8. The molecule has 1 amide bonds. The molecule has 2 aliphatic heterocycles. The number of amides is 1. The quantitative estimate of drug-likeness (QED) is 0.404. The van der Waals surface area contributed by atoms with Gasteiger partial charge in [-0.15, -0.1) is 0 Å². The monoisotopic (exact) mass is 520 g/mol. The van der Waals surface area contributed by atoms with Crippen LogP contribution in [0.1, 0.15) is 35.5 Å². The van der Waals surface area contributed by atoms with E-state index in [9.17, 15) is 14.7 Å². The highest BCUT2D eigenvalue weighted by molar-refractivity contribution is 6.16. The molecule has 9 nitrogen and oxygen atoms in total. The summed E-state index contributed by atoms with van der Waals surface area (Å²) < 4.78 is 22.2. The number of nitrogens with one attached hydrogen (secondary N) is 1. The number of nitrogens with zero attached hydrogens (tertiary/aromatic N) is 1. The molecule has 1 aromatic heterocycles. The number of hydrogen-bond donors (Lipinski definition) is 1. The summed E-state index contributed by atoms with van der Waals surface area (Å²) >= 11 is 0. The normalized spacial score (nSPS) is 18.4. The number of ketones is 1. The summed E-state index contributed by atoms with van der Waals surface area (Å²) in [6.45, 7) is 6.90. The highest BCUT2D eigenvalue weighted by Gasteiger charge is 2.40. The standard InChI is InChI=1S/C29H32N2O7/c1-3-37-21-10-8-19(9-11-21)25-24(26(32)23-18-20-6-4-7-22(35-2)28(20)38-23)27(33)29(34)31(25)13-5-12-30-14-16-36-17-15-30/h4,6-11,18,25,33H,3,5,12-17H2,1-2H3. The molecule has 3 aromatic rings. The van der Waals surface area contributed by atoms with Crippen molar-refractivity contribution in [3.63, 3.8) is 0 Å². The van der Waals surface area contributed by atoms with Crippen LogP contribution < -0.4 is 19.5 Å². The van der Waals surface area contributed by atoms with E-state index in [-0.39, 0.29) is 11.3 Å². The topological polar surface area (TPSA) is 106 Å². The lowest BCUT2D eigenvalue weighted by atomic mass is 9.95. The average Bonchev–Trinajstić information content (AvgIpc) is 3.49. The third kappa shape index (κ3) is 4.99. The van der Waals surface area contributed by atoms with E-state index < -0.39 is 23.5 Å². The molecule has 0 radical (unpaired) electrons. The highest BCUT2D eigenvalue weighted by Crippen LogP contribution is 2.40. The SMILES string of the molecule is CCOc1ccc(C2C(C(=O)c3cc4cccc(OC)c4o3)=C([O-])C(=O)N2CCC[NH+]2CCOCC2)cc1. The molecule has 5 rings (SSSR count). The van der Waals surface area contributed by atoms with E-state index in [1.54, 1.807) is 48.5 Å². The van der Waals surface area contributed by atoms with Gasteiger partial charge in [-0.05, 0) is 42.5 Å². The van der Waals surface area contributed by atoms with Crippen molar-refractivity contribution in [2.45, 2.75) is 19.4 Å². The zero-order valence-corrected chi connectivity index (χ0v) is 21.7. The number of furan rings is 1. The van der Waals surface area contributed by atoms with Crippen molar-refractivity contribution in [1.29, 1.82) is 0 Å². The van der Waals surface area contributed by atoms with Gasteiger partial charge in [-0.3, -0.25) is 9.59 Å². The van der Waals surface area contributed by atoms with Gasteiger partial charge in [-0.2, -0.15) is 0 Å². The zero-order valence-electron chi connectivity index (χ0n) is 21.7. The fourth-order valence-corrected chi connectivity index (χ4v) is 5.21. The summed E-state index contributed by atoms with van der Waals surface area (Å²) in [4.78, 5) is 30.0. The summed E-state index contributed by atoms with van der Waals surface area (Å²) in [7, 11) is 1.52. The third-order valence-corrected chi connectivity index (χ3v) is 7.12. The molecule has 1 N–H and O–H groups in total. The number of fused-ring (bicyclic) bond motifs is 1. The predicted molar refractivity (Wildman–Crippen MR) is 137 cm³/mol. The Hall–Kier alpha value is -3.82. The van der Waals surface area contributed by atoms with E-state index in [1.807, 2.05) is 6.92 Å². The Morgan fingerprint density at radius 1 is 1.16 bits per heavy atom. The molecule has 2 aliphatic rings. The molecule has 1 saturated heterocycles. The fraction of sp³-hybridized carbons (Fsp3) is 0.379. The second-order valence-electron chi connectivity index (χ2n) is 9.43. The lowest BCUT2D eigenvalue weighted by Crippen LogP contribution is -3.14. The number of benzene rings is 2. The van der Waals surface area contributed by atoms with Crippen LogP contribution in [0.25, 0.3) is 11.0 Å². The molecular weight excluding hydrogens is 488 g/mol. The Kier molecular flexibility index (Phi) is 7.67. The molecule has 0 bridgehead atoms. The Balaban J connectivity index is 1.47. The van der Waals surface area contributed by atoms with Gasteiger partial charge in [0.25, 0.3) is 0 Å². The fourth-order valence-electron chi connectivity index (χ4n) is 5.21. The molecule has 0 aliphatic carbocycles. The molecule has 0 spiro atoms. The maximum Gasteiger partial charge on any atom is 0.239 e. The smallest absolute Gasteiger partial charge is 0.239 e. The minimum absolute atomic E-state index is 0.00352. The number of carbonyl (C=O) groups is 2. The van der Waals surface area contributed by atoms with E-state index >= 15 is 0 Å². The van der Waals surface area contributed by atoms with E-state index in [0.29, 0.717) is 47.6 Å². The van der Waals surface area contributed by atoms with Crippen molar-refractivity contribution in [3.8, 4) is 11.5 Å². The van der Waals surface area contributed by atoms with Crippen LogP contribution in [-0.2, 0) is 9.53 Å². The van der Waals surface area contributed by atoms with Crippen molar-refractivity contribution in [1.82, 2.24) is 4.90 Å². The number of para-hydroxylation sites is 1. The number of quaternary nitrogens is 1. The number of ether oxygens (including phenoxy) is 3. The Morgan fingerprint density at radius 3 is 2.63 bits per heavy atom. The predicted octanol–water partition coefficient (Wildman–Crippen LogP) is 1.53. The van der Waals surface area contributed by atoms with Crippen molar-refractivity contribution in [2.24, 2.45) is 0 Å². The minimum Gasteiger partial charge on any atom is -0.868 e. The van der Waals surface area contributed by atoms with Gasteiger partial charge in [-0.1, -0.05) is 24.3 Å². The molecule has 0 saturated carbocycles. The average molecular weight is 521 g/mol. The summed E-state index contributed by atoms with van der Waals surface area (Å²) in [5.74, 6) is -0.904. The summed E-state index contributed by atoms with van der Waals surface area (Å²) in [6.07, 6.45) is 0.700. The van der Waals surface area contributed by atoms with Gasteiger partial charge in [-0.25, -0.2) is 0 Å². The maximum absolute atomic E-state index is 13.8. The van der Waals surface area contributed by atoms with Gasteiger partial charge in [0, 0.05) is 23.9 Å². The van der Waals surface area contributed by atoms with Crippen LogP contribution >= 0.6 is 0 Å². The van der Waals surface area contributed by atoms with Gasteiger partial charge >= 0.3 is 0 Å². The van der Waals surface area contributed by atoms with Crippen LogP contribution in [-0.4, -0.2) is 69.7 Å². The zero-order chi connectivity index (χ0) is 26.6. The molecular formula is C29H32N2O7. The second-order valence-corrected chi connectivity index (χ2v) is 9.43. The molecule has 3 heterocycles. The van der Waals surface area contributed by atoms with Gasteiger partial charge in [0.2, 0.25) is 11.7 Å². The van der Waals surface area contributed by atoms with Crippen molar-refractivity contribution in [3.05, 3.63) is 71.2 Å². The molecule has 2 aromatic carbocycles. The minimum atomic E-state index is -0.812. The van der Waals surface area contributed by atoms with Crippen LogP contribution in [0.4, 0.5) is 0 Å². The first-order chi connectivity index (χ1) is 18.5. The van der Waals surface area contributed by atoms with Crippen LogP contribution in [0.2, 0.25) is 0 Å². The van der Waals surface area contributed by atoms with Crippen molar-refractivity contribution < 1.29 is 38.2 Å². The number of morpholine rings is 1. The molecule has 1 atom stereocenters. The van der Waals surface area contributed by atoms with E-state index in [4.69, 9.17) is 18.6 Å². The van der Waals surface area contributed by atoms with Gasteiger partial charge in [0.15, 0.2) is 17.1 Å². The Morgan fingerprint density at radius 2 is 1.92 bits per heavy atom. The number of Topliss-reactive ketones (excluding diaryl/α,β-unsaturated/α-hetero) is 1. The number of carbonyl (C=O) groups excluding carboxylic acids is 2. The van der Waals surface area contributed by atoms with Gasteiger partial charge < -0.3 is 33.5 Å². The lowest BCUT2D eigenvalue weighted by molar-refractivity contribution is -0.908. The third-order valence-electron chi connectivity index (χ3n) is 7.12. The lowest BCUT2D eigenvalue weighted by Gasteiger charge is -2.29. The molecule has 1 fully saturated rings. The first-order valence-corrected chi connectivity index (χ1v) is 13.0. The van der Waals surface area contributed by atoms with E-state index in [0.717, 1.165) is 32.8 Å². The number of rotatable bonds is 10. The van der Waals surface area contributed by atoms with Gasteiger partial charge in [0.05, 0.1) is 39.5 Å². The van der Waals surface area contributed by atoms with Crippen LogP contribution in [0.3, 0.4) is 0 Å². The Labute approximate surface area is 221 Å². The van der Waals surface area contributed by atoms with Crippen LogP contribution in [0.5, 0.6) is 11.5 Å². The van der Waals surface area contributed by atoms with E-state index in [1.165, 1.54) is 16.9 Å². The Bertz CT molecular complexity index is 1340. The van der Waals surface area contributed by atoms with Crippen LogP contribution in [0.15, 0.2) is 64.3 Å². The van der Waals surface area contributed by atoms with Crippen LogP contribution in [0, 0.1) is 0 Å². The number of methoxy groups -OCH3 is 1. The van der Waals surface area contributed by atoms with Crippen molar-refractivity contribution in [2.75, 3.05) is 53.1 Å². The maximum atomic E-state index is 13.8. The van der Waals surface area contributed by atoms with Gasteiger partial charge in [0.1, 0.15) is 18.8 Å². The largest absolute Gasteiger partial charge is 0.868 e. The van der Waals surface area contributed by atoms with E-state index in [2.05, 4.69) is 0 Å². The molecule has 1 unspecified atom stereocenters. The van der Waals surface area contributed by atoms with Crippen molar-refractivity contribution >= 4 is 22.7 Å². The number of hydrogen-bond acceptors (Lipinski definition) is 7. The molecule has 9 heteroatoms. The first-order valence-electron chi connectivity index (χ1n) is 13.0. The molecule has 200 valence electrons. The summed E-state index contributed by atoms with van der Waals surface area (Å²) in [6, 6.07) is 13.3. The summed E-state index contributed by atoms with van der Waals surface area (Å²) in [5.41, 5.74) is 0.984. The second kappa shape index (κ2) is 11.3. The summed E-state index contributed by atoms with van der Waals surface area (Å²) in [5, 5.41) is 14.0.